The van der Waals surface area contributed by atoms with Crippen LogP contribution in [0.4, 0.5) is 0 Å². The Morgan fingerprint density at radius 2 is 1.35 bits per heavy atom. The number of benzene rings is 3. The molecule has 2 nitrogen and oxygen atoms in total. The zero-order valence-corrected chi connectivity index (χ0v) is 12.2. The van der Waals surface area contributed by atoms with Gasteiger partial charge in [-0.1, -0.05) is 60.7 Å². The average molecular weight is 296 g/mol. The Balaban J connectivity index is 1.83. The molecule has 4 aromatic rings. The molecule has 0 spiro atoms. The largest absolute Gasteiger partial charge is 0.456 e. The highest BCUT2D eigenvalue weighted by molar-refractivity contribution is 6.23. The van der Waals surface area contributed by atoms with E-state index >= 15 is 0 Å². The topological polar surface area (TPSA) is 30.2 Å². The fraction of sp³-hybridized carbons (Fsp3) is 0. The molecule has 1 aromatic heterocycles. The number of furan rings is 1. The van der Waals surface area contributed by atoms with Gasteiger partial charge in [-0.25, -0.2) is 0 Å². The first-order valence-electron chi connectivity index (χ1n) is 7.59. The van der Waals surface area contributed by atoms with Crippen LogP contribution in [0.5, 0.6) is 0 Å². The number of ketones is 1. The quantitative estimate of drug-likeness (QED) is 0.419. The van der Waals surface area contributed by atoms with Crippen molar-refractivity contribution >= 4 is 16.8 Å². The summed E-state index contributed by atoms with van der Waals surface area (Å²) in [5.74, 6) is 0.890. The van der Waals surface area contributed by atoms with Crippen molar-refractivity contribution in [1.29, 1.82) is 0 Å². The fourth-order valence-electron chi connectivity index (χ4n) is 3.40. The van der Waals surface area contributed by atoms with Crippen LogP contribution >= 0.6 is 0 Å². The van der Waals surface area contributed by atoms with Gasteiger partial charge in [0.2, 0.25) is 0 Å². The molecule has 3 aromatic carbocycles. The second-order valence-electron chi connectivity index (χ2n) is 5.75. The molecule has 0 fully saturated rings. The van der Waals surface area contributed by atoms with Crippen LogP contribution in [0.1, 0.15) is 15.9 Å². The lowest BCUT2D eigenvalue weighted by atomic mass is 9.98. The maximum atomic E-state index is 12.6. The van der Waals surface area contributed by atoms with Crippen molar-refractivity contribution in [2.24, 2.45) is 0 Å². The maximum Gasteiger partial charge on any atom is 0.194 e. The third-order valence-corrected chi connectivity index (χ3v) is 4.44. The predicted octanol–water partition coefficient (Wildman–Crippen LogP) is 5.31. The highest BCUT2D eigenvalue weighted by atomic mass is 16.3. The summed E-state index contributed by atoms with van der Waals surface area (Å²) in [6, 6.07) is 23.6. The van der Waals surface area contributed by atoms with E-state index in [2.05, 4.69) is 0 Å². The molecule has 0 bridgehead atoms. The summed E-state index contributed by atoms with van der Waals surface area (Å²) in [6.45, 7) is 0. The first-order chi connectivity index (χ1) is 11.3. The van der Waals surface area contributed by atoms with Crippen LogP contribution in [0.3, 0.4) is 0 Å². The van der Waals surface area contributed by atoms with E-state index in [1.807, 2.05) is 72.8 Å². The first kappa shape index (κ1) is 12.4. The molecule has 0 aliphatic heterocycles. The zero-order chi connectivity index (χ0) is 15.4. The summed E-state index contributed by atoms with van der Waals surface area (Å²) in [5, 5.41) is 1.07. The number of fused-ring (bicyclic) bond motifs is 4. The van der Waals surface area contributed by atoms with E-state index < -0.39 is 0 Å². The molecule has 108 valence electrons. The van der Waals surface area contributed by atoms with Crippen LogP contribution in [0.2, 0.25) is 0 Å². The van der Waals surface area contributed by atoms with Gasteiger partial charge in [0.25, 0.3) is 0 Å². The Morgan fingerprint density at radius 3 is 2.22 bits per heavy atom. The normalized spacial score (nSPS) is 12.4. The second kappa shape index (κ2) is 4.43. The van der Waals surface area contributed by atoms with Gasteiger partial charge in [0.15, 0.2) is 5.78 Å². The van der Waals surface area contributed by atoms with Crippen LogP contribution in [0.15, 0.2) is 77.2 Å². The van der Waals surface area contributed by atoms with Gasteiger partial charge in [-0.05, 0) is 17.7 Å². The van der Waals surface area contributed by atoms with Gasteiger partial charge in [-0.15, -0.1) is 0 Å². The highest BCUT2D eigenvalue weighted by Gasteiger charge is 2.29. The average Bonchev–Trinajstić information content (AvgIpc) is 3.15. The van der Waals surface area contributed by atoms with Crippen molar-refractivity contribution in [3.63, 3.8) is 0 Å². The van der Waals surface area contributed by atoms with Crippen LogP contribution in [-0.2, 0) is 0 Å². The van der Waals surface area contributed by atoms with Crippen molar-refractivity contribution in [3.8, 4) is 22.5 Å². The van der Waals surface area contributed by atoms with E-state index in [-0.39, 0.29) is 5.78 Å². The van der Waals surface area contributed by atoms with Gasteiger partial charge < -0.3 is 4.42 Å². The van der Waals surface area contributed by atoms with E-state index in [1.165, 1.54) is 0 Å². The molecule has 0 saturated carbocycles. The molecule has 0 saturated heterocycles. The summed E-state index contributed by atoms with van der Waals surface area (Å²) in [7, 11) is 0. The SMILES string of the molecule is O=C1c2ccccc2-c2c1cccc2-c1cc2ccccc2o1. The van der Waals surface area contributed by atoms with Crippen molar-refractivity contribution in [1.82, 2.24) is 0 Å². The molecule has 1 aliphatic carbocycles. The lowest BCUT2D eigenvalue weighted by molar-refractivity contribution is 0.104. The van der Waals surface area contributed by atoms with Crippen molar-refractivity contribution < 1.29 is 9.21 Å². The standard InChI is InChI=1S/C21H12O2/c22-21-15-8-3-2-7-14(15)20-16(9-5-10-17(20)21)19-12-13-6-1-4-11-18(13)23-19/h1-12H. The Hall–Kier alpha value is -3.13. The lowest BCUT2D eigenvalue weighted by Gasteiger charge is -2.06. The lowest BCUT2D eigenvalue weighted by Crippen LogP contribution is -1.94. The van der Waals surface area contributed by atoms with Crippen LogP contribution < -0.4 is 0 Å². The number of hydrogen-bond acceptors (Lipinski definition) is 2. The molecule has 2 heteroatoms. The van der Waals surface area contributed by atoms with Crippen LogP contribution in [-0.4, -0.2) is 5.78 Å². The summed E-state index contributed by atoms with van der Waals surface area (Å²) >= 11 is 0. The third-order valence-electron chi connectivity index (χ3n) is 4.44. The number of rotatable bonds is 1. The second-order valence-corrected chi connectivity index (χ2v) is 5.75. The molecular weight excluding hydrogens is 284 g/mol. The predicted molar refractivity (Wildman–Crippen MR) is 90.5 cm³/mol. The van der Waals surface area contributed by atoms with Gasteiger partial charge in [-0.2, -0.15) is 0 Å². The Bertz CT molecular complexity index is 1050. The molecule has 0 amide bonds. The van der Waals surface area contributed by atoms with E-state index in [0.29, 0.717) is 0 Å². The summed E-state index contributed by atoms with van der Waals surface area (Å²) < 4.78 is 6.02. The number of carbonyl (C=O) groups is 1. The molecule has 0 N–H and O–H groups in total. The molecule has 5 rings (SSSR count). The summed E-state index contributed by atoms with van der Waals surface area (Å²) in [5.41, 5.74) is 5.32. The molecule has 0 radical (unpaired) electrons. The van der Waals surface area contributed by atoms with Crippen molar-refractivity contribution in [2.45, 2.75) is 0 Å². The monoisotopic (exact) mass is 296 g/mol. The third kappa shape index (κ3) is 1.66. The Morgan fingerprint density at radius 1 is 0.652 bits per heavy atom. The Labute approximate surface area is 133 Å². The van der Waals surface area contributed by atoms with Gasteiger partial charge in [0, 0.05) is 27.6 Å². The minimum Gasteiger partial charge on any atom is -0.456 e. The van der Waals surface area contributed by atoms with Crippen molar-refractivity contribution in [3.05, 3.63) is 83.9 Å². The minimum atomic E-state index is 0.0913. The first-order valence-corrected chi connectivity index (χ1v) is 7.59. The Kier molecular flexibility index (Phi) is 2.39. The smallest absolute Gasteiger partial charge is 0.194 e. The number of carbonyl (C=O) groups excluding carboxylic acids is 1. The van der Waals surface area contributed by atoms with Gasteiger partial charge in [-0.3, -0.25) is 4.79 Å². The minimum absolute atomic E-state index is 0.0913. The summed E-state index contributed by atoms with van der Waals surface area (Å²) in [6.07, 6.45) is 0. The molecule has 1 heterocycles. The highest BCUT2D eigenvalue weighted by Crippen LogP contribution is 2.43. The number of para-hydroxylation sites is 1. The van der Waals surface area contributed by atoms with Crippen molar-refractivity contribution in [2.75, 3.05) is 0 Å². The molecule has 1 aliphatic rings. The molecular formula is C21H12O2. The van der Waals surface area contributed by atoms with Gasteiger partial charge in [0.05, 0.1) is 0 Å². The van der Waals surface area contributed by atoms with E-state index in [0.717, 1.165) is 44.5 Å². The van der Waals surface area contributed by atoms with Crippen LogP contribution in [0.25, 0.3) is 33.4 Å². The van der Waals surface area contributed by atoms with E-state index in [4.69, 9.17) is 4.42 Å². The zero-order valence-electron chi connectivity index (χ0n) is 12.2. The molecule has 23 heavy (non-hydrogen) atoms. The van der Waals surface area contributed by atoms with E-state index in [1.54, 1.807) is 0 Å². The maximum absolute atomic E-state index is 12.6. The molecule has 0 atom stereocenters. The van der Waals surface area contributed by atoms with Crippen LogP contribution in [0, 0.1) is 0 Å². The fourth-order valence-corrected chi connectivity index (χ4v) is 3.40. The number of hydrogen-bond donors (Lipinski definition) is 0. The van der Waals surface area contributed by atoms with E-state index in [9.17, 15) is 4.79 Å². The molecule has 0 unspecified atom stereocenters. The summed E-state index contributed by atoms with van der Waals surface area (Å²) in [4.78, 5) is 12.6. The van der Waals surface area contributed by atoms with Gasteiger partial charge in [0.1, 0.15) is 11.3 Å². The van der Waals surface area contributed by atoms with Gasteiger partial charge >= 0.3 is 0 Å².